The Morgan fingerprint density at radius 2 is 2.00 bits per heavy atom. The number of thioether (sulfide) groups is 1. The van der Waals surface area contributed by atoms with Crippen LogP contribution in [0.25, 0.3) is 0 Å². The lowest BCUT2D eigenvalue weighted by Gasteiger charge is -2.16. The van der Waals surface area contributed by atoms with Crippen LogP contribution in [0.15, 0.2) is 53.4 Å². The zero-order chi connectivity index (χ0) is 15.8. The molecule has 0 radical (unpaired) electrons. The summed E-state index contributed by atoms with van der Waals surface area (Å²) < 4.78 is 0. The number of nitrogens with zero attached hydrogens (tertiary/aromatic N) is 1. The molecule has 0 aromatic heterocycles. The summed E-state index contributed by atoms with van der Waals surface area (Å²) in [6, 6.07) is 18.3. The van der Waals surface area contributed by atoms with Crippen molar-refractivity contribution in [3.63, 3.8) is 0 Å². The van der Waals surface area contributed by atoms with E-state index in [4.69, 9.17) is 10.4 Å². The van der Waals surface area contributed by atoms with Gasteiger partial charge in [-0.2, -0.15) is 5.26 Å². The van der Waals surface area contributed by atoms with E-state index in [-0.39, 0.29) is 12.6 Å². The summed E-state index contributed by atoms with van der Waals surface area (Å²) in [6.45, 7) is 2.33. The summed E-state index contributed by atoms with van der Waals surface area (Å²) in [5.74, 6) is 0.931. The highest BCUT2D eigenvalue weighted by atomic mass is 32.2. The Kier molecular flexibility index (Phi) is 6.32. The van der Waals surface area contributed by atoms with E-state index in [1.165, 1.54) is 4.90 Å². The molecule has 0 amide bonds. The first kappa shape index (κ1) is 16.4. The molecule has 2 rings (SSSR count). The van der Waals surface area contributed by atoms with Gasteiger partial charge in [-0.3, -0.25) is 0 Å². The molecule has 22 heavy (non-hydrogen) atoms. The van der Waals surface area contributed by atoms with Crippen molar-refractivity contribution in [1.29, 1.82) is 5.26 Å². The average Bonchev–Trinajstić information content (AvgIpc) is 2.56. The monoisotopic (exact) mass is 312 g/mol. The summed E-state index contributed by atoms with van der Waals surface area (Å²) in [7, 11) is 0. The molecular weight excluding hydrogens is 292 g/mol. The van der Waals surface area contributed by atoms with Gasteiger partial charge in [-0.25, -0.2) is 0 Å². The molecule has 2 N–H and O–H groups in total. The fourth-order valence-corrected chi connectivity index (χ4v) is 2.95. The topological polar surface area (TPSA) is 56.0 Å². The van der Waals surface area contributed by atoms with Crippen LogP contribution in [0, 0.1) is 11.3 Å². The molecule has 2 aromatic rings. The molecule has 0 saturated heterocycles. The summed E-state index contributed by atoms with van der Waals surface area (Å²) in [5, 5.41) is 21.2. The fourth-order valence-electron chi connectivity index (χ4n) is 2.11. The Morgan fingerprint density at radius 1 is 1.23 bits per heavy atom. The van der Waals surface area contributed by atoms with Crippen LogP contribution in [0.4, 0.5) is 5.69 Å². The van der Waals surface area contributed by atoms with Crippen molar-refractivity contribution < 1.29 is 5.11 Å². The number of nitriles is 1. The molecule has 0 bridgehead atoms. The van der Waals surface area contributed by atoms with Gasteiger partial charge in [0.05, 0.1) is 11.6 Å². The highest BCUT2D eigenvalue weighted by molar-refractivity contribution is 7.99. The third-order valence-electron chi connectivity index (χ3n) is 3.32. The van der Waals surface area contributed by atoms with Gasteiger partial charge < -0.3 is 10.4 Å². The van der Waals surface area contributed by atoms with Gasteiger partial charge in [0.25, 0.3) is 0 Å². The first-order valence-corrected chi connectivity index (χ1v) is 8.32. The average molecular weight is 312 g/mol. The molecule has 0 aliphatic carbocycles. The van der Waals surface area contributed by atoms with E-state index in [0.717, 1.165) is 23.4 Å². The molecule has 114 valence electrons. The first-order chi connectivity index (χ1) is 10.7. The first-order valence-electron chi connectivity index (χ1n) is 7.33. The minimum absolute atomic E-state index is 0.140. The van der Waals surface area contributed by atoms with E-state index in [2.05, 4.69) is 42.6 Å². The summed E-state index contributed by atoms with van der Waals surface area (Å²) >= 11 is 1.75. The SMILES string of the molecule is CC(Nc1ccc(SCCCO)cc1)c1cccc(C#N)c1. The highest BCUT2D eigenvalue weighted by Gasteiger charge is 2.06. The molecule has 4 heteroatoms. The normalized spacial score (nSPS) is 11.7. The molecular formula is C18H20N2OS. The molecule has 3 nitrogen and oxygen atoms in total. The minimum Gasteiger partial charge on any atom is -0.396 e. The van der Waals surface area contributed by atoms with Crippen molar-refractivity contribution in [2.45, 2.75) is 24.3 Å². The molecule has 1 atom stereocenters. The third-order valence-corrected chi connectivity index (χ3v) is 4.42. The third kappa shape index (κ3) is 4.80. The van der Waals surface area contributed by atoms with Gasteiger partial charge in [0, 0.05) is 29.0 Å². The van der Waals surface area contributed by atoms with Crippen LogP contribution >= 0.6 is 11.8 Å². The molecule has 0 saturated carbocycles. The Bertz CT molecular complexity index is 634. The van der Waals surface area contributed by atoms with E-state index < -0.39 is 0 Å². The summed E-state index contributed by atoms with van der Waals surface area (Å²) in [6.07, 6.45) is 0.816. The largest absolute Gasteiger partial charge is 0.396 e. The van der Waals surface area contributed by atoms with Gasteiger partial charge in [0.1, 0.15) is 0 Å². The number of aliphatic hydroxyl groups excluding tert-OH is 1. The molecule has 0 heterocycles. The van der Waals surface area contributed by atoms with Gasteiger partial charge in [-0.05, 0) is 55.3 Å². The van der Waals surface area contributed by atoms with Crippen LogP contribution in [0.1, 0.15) is 30.5 Å². The van der Waals surface area contributed by atoms with Crippen molar-refractivity contribution in [3.8, 4) is 6.07 Å². The van der Waals surface area contributed by atoms with Crippen LogP contribution in [0.2, 0.25) is 0 Å². The number of hydrogen-bond donors (Lipinski definition) is 2. The maximum atomic E-state index is 8.96. The number of nitrogens with one attached hydrogen (secondary N) is 1. The molecule has 0 fully saturated rings. The van der Waals surface area contributed by atoms with Crippen molar-refractivity contribution >= 4 is 17.4 Å². The Labute approximate surface area is 136 Å². The predicted molar refractivity (Wildman–Crippen MR) is 92.1 cm³/mol. The van der Waals surface area contributed by atoms with Gasteiger partial charge in [-0.1, -0.05) is 12.1 Å². The van der Waals surface area contributed by atoms with E-state index >= 15 is 0 Å². The highest BCUT2D eigenvalue weighted by Crippen LogP contribution is 2.24. The number of aliphatic hydroxyl groups is 1. The zero-order valence-electron chi connectivity index (χ0n) is 12.6. The predicted octanol–water partition coefficient (Wildman–Crippen LogP) is 4.21. The van der Waals surface area contributed by atoms with Gasteiger partial charge in [0.15, 0.2) is 0 Å². The molecule has 1 unspecified atom stereocenters. The van der Waals surface area contributed by atoms with Crippen LogP contribution in [0.5, 0.6) is 0 Å². The summed E-state index contributed by atoms with van der Waals surface area (Å²) in [4.78, 5) is 1.21. The van der Waals surface area contributed by atoms with E-state index in [9.17, 15) is 0 Å². The summed E-state index contributed by atoms with van der Waals surface area (Å²) in [5.41, 5.74) is 2.84. The second-order valence-electron chi connectivity index (χ2n) is 5.05. The lowest BCUT2D eigenvalue weighted by atomic mass is 10.1. The maximum Gasteiger partial charge on any atom is 0.0991 e. The van der Waals surface area contributed by atoms with Crippen LogP contribution in [-0.2, 0) is 0 Å². The maximum absolute atomic E-state index is 8.96. The quantitative estimate of drug-likeness (QED) is 0.594. The van der Waals surface area contributed by atoms with Gasteiger partial charge in [-0.15, -0.1) is 11.8 Å². The van der Waals surface area contributed by atoms with E-state index in [0.29, 0.717) is 5.56 Å². The Morgan fingerprint density at radius 3 is 2.68 bits per heavy atom. The molecule has 2 aromatic carbocycles. The Balaban J connectivity index is 1.96. The van der Waals surface area contributed by atoms with Gasteiger partial charge >= 0.3 is 0 Å². The van der Waals surface area contributed by atoms with Crippen LogP contribution < -0.4 is 5.32 Å². The van der Waals surface area contributed by atoms with Crippen molar-refractivity contribution in [2.24, 2.45) is 0 Å². The van der Waals surface area contributed by atoms with Crippen molar-refractivity contribution in [3.05, 3.63) is 59.7 Å². The lowest BCUT2D eigenvalue weighted by Crippen LogP contribution is -2.06. The second kappa shape index (κ2) is 8.47. The van der Waals surface area contributed by atoms with Crippen molar-refractivity contribution in [1.82, 2.24) is 0 Å². The Hall–Kier alpha value is -1.96. The molecule has 0 aliphatic heterocycles. The van der Waals surface area contributed by atoms with Crippen molar-refractivity contribution in [2.75, 3.05) is 17.7 Å². The number of anilines is 1. The second-order valence-corrected chi connectivity index (χ2v) is 6.22. The number of benzene rings is 2. The smallest absolute Gasteiger partial charge is 0.0991 e. The van der Waals surface area contributed by atoms with E-state index in [1.807, 2.05) is 24.3 Å². The zero-order valence-corrected chi connectivity index (χ0v) is 13.4. The number of rotatable bonds is 7. The number of hydrogen-bond acceptors (Lipinski definition) is 4. The van der Waals surface area contributed by atoms with Crippen LogP contribution in [-0.4, -0.2) is 17.5 Å². The molecule has 0 spiro atoms. The molecule has 0 aliphatic rings. The van der Waals surface area contributed by atoms with E-state index in [1.54, 1.807) is 11.8 Å². The standard InChI is InChI=1S/C18H20N2OS/c1-14(16-5-2-4-15(12-16)13-19)20-17-6-8-18(9-7-17)22-11-3-10-21/h2,4-9,12,14,20-21H,3,10-11H2,1H3. The minimum atomic E-state index is 0.140. The fraction of sp³-hybridized carbons (Fsp3) is 0.278. The lowest BCUT2D eigenvalue weighted by molar-refractivity contribution is 0.296. The van der Waals surface area contributed by atoms with Crippen LogP contribution in [0.3, 0.4) is 0 Å². The van der Waals surface area contributed by atoms with Gasteiger partial charge in [0.2, 0.25) is 0 Å².